The molecule has 0 N–H and O–H groups in total. The molecule has 1 aromatic carbocycles. The maximum atomic E-state index is 5.62. The summed E-state index contributed by atoms with van der Waals surface area (Å²) in [7, 11) is 0.826. The molecule has 0 saturated heterocycles. The van der Waals surface area contributed by atoms with Gasteiger partial charge in [0, 0.05) is 9.52 Å². The number of halogens is 2. The minimum Gasteiger partial charge on any atom is -0.106 e. The van der Waals surface area contributed by atoms with Crippen LogP contribution in [0.25, 0.3) is 0 Å². The molecule has 0 atom stereocenters. The fourth-order valence-corrected chi connectivity index (χ4v) is 2.46. The molecule has 0 nitrogen and oxygen atoms in total. The molecule has 0 spiro atoms. The van der Waals surface area contributed by atoms with Crippen molar-refractivity contribution in [2.45, 2.75) is 16.9 Å². The van der Waals surface area contributed by atoms with Crippen LogP contribution in [-0.4, -0.2) is 14.4 Å². The minimum absolute atomic E-state index is 0.202. The van der Waals surface area contributed by atoms with Crippen LogP contribution < -0.4 is 0 Å². The van der Waals surface area contributed by atoms with Gasteiger partial charge in [0.05, 0.1) is 0 Å². The molecular weight excluding hydrogens is 207 g/mol. The van der Waals surface area contributed by atoms with Crippen LogP contribution in [0.5, 0.6) is 0 Å². The number of hydrogen-bond donors (Lipinski definition) is 0. The fourth-order valence-electron chi connectivity index (χ4n) is 0.921. The van der Waals surface area contributed by atoms with Gasteiger partial charge in [-0.15, -0.1) is 23.2 Å². The first kappa shape index (κ1) is 10.1. The summed E-state index contributed by atoms with van der Waals surface area (Å²) in [6.45, 7) is 0. The van der Waals surface area contributed by atoms with Crippen LogP contribution in [0.1, 0.15) is 5.56 Å². The van der Waals surface area contributed by atoms with Crippen molar-refractivity contribution in [3.63, 3.8) is 0 Å². The zero-order valence-corrected chi connectivity index (χ0v) is 9.15. The largest absolute Gasteiger partial charge is 0.106 e. The lowest BCUT2D eigenvalue weighted by Gasteiger charge is -1.99. The summed E-state index contributed by atoms with van der Waals surface area (Å²) in [5.74, 6) is 0. The summed E-state index contributed by atoms with van der Waals surface area (Å²) in [4.78, 5) is -0.202. The molecule has 12 heavy (non-hydrogen) atoms. The van der Waals surface area contributed by atoms with Gasteiger partial charge in [0.15, 0.2) is 0 Å². The van der Waals surface area contributed by atoms with Gasteiger partial charge in [-0.05, 0) is 12.1 Å². The number of alkyl halides is 2. The average Bonchev–Trinajstić information content (AvgIpc) is 2.05. The molecule has 2 radical (unpaired) electrons. The summed E-state index contributed by atoms with van der Waals surface area (Å²) in [6.07, 6.45) is 0. The predicted octanol–water partition coefficient (Wildman–Crippen LogP) is 3.11. The Hall–Kier alpha value is 0.0169. The summed E-state index contributed by atoms with van der Waals surface area (Å²) in [5.41, 5.74) is 1.37. The molecule has 0 aliphatic heterocycles. The van der Waals surface area contributed by atoms with Crippen molar-refractivity contribution in [2.75, 3.05) is 0 Å². The molecule has 0 saturated carbocycles. The van der Waals surface area contributed by atoms with E-state index in [-0.39, 0.29) is 4.84 Å². The second-order valence-corrected chi connectivity index (χ2v) is 5.05. The quantitative estimate of drug-likeness (QED) is 0.537. The fraction of sp³-hybridized carbons (Fsp3) is 0.333. The Morgan fingerprint density at radius 1 is 1.17 bits per heavy atom. The zero-order valence-electron chi connectivity index (χ0n) is 6.63. The van der Waals surface area contributed by atoms with E-state index in [4.69, 9.17) is 23.2 Å². The van der Waals surface area contributed by atoms with Crippen LogP contribution in [0.2, 0.25) is 6.04 Å². The van der Waals surface area contributed by atoms with Crippen LogP contribution in [0.15, 0.2) is 30.3 Å². The molecule has 0 aliphatic carbocycles. The van der Waals surface area contributed by atoms with E-state index in [2.05, 4.69) is 24.3 Å². The van der Waals surface area contributed by atoms with Gasteiger partial charge in [0.2, 0.25) is 0 Å². The second kappa shape index (κ2) is 5.63. The molecule has 0 unspecified atom stereocenters. The average molecular weight is 217 g/mol. The van der Waals surface area contributed by atoms with Crippen molar-refractivity contribution in [3.05, 3.63) is 35.9 Å². The van der Waals surface area contributed by atoms with E-state index < -0.39 is 0 Å². The van der Waals surface area contributed by atoms with Gasteiger partial charge in [-0.25, -0.2) is 0 Å². The van der Waals surface area contributed by atoms with Gasteiger partial charge < -0.3 is 0 Å². The summed E-state index contributed by atoms with van der Waals surface area (Å²) in [6, 6.07) is 12.4. The standard InChI is InChI=1S/C9H10Cl2Si/c10-9(11)7-12-6-8-4-2-1-3-5-8/h1-5,9H,6-7H2. The Kier molecular flexibility index (Phi) is 4.74. The highest BCUT2D eigenvalue weighted by molar-refractivity contribution is 6.49. The summed E-state index contributed by atoms with van der Waals surface area (Å²) >= 11 is 11.2. The van der Waals surface area contributed by atoms with E-state index in [0.29, 0.717) is 0 Å². The molecule has 64 valence electrons. The van der Waals surface area contributed by atoms with E-state index in [0.717, 1.165) is 21.6 Å². The van der Waals surface area contributed by atoms with E-state index in [9.17, 15) is 0 Å². The predicted molar refractivity (Wildman–Crippen MR) is 56.2 cm³/mol. The second-order valence-electron chi connectivity index (χ2n) is 2.51. The molecule has 1 aromatic rings. The van der Waals surface area contributed by atoms with Crippen LogP contribution >= 0.6 is 23.2 Å². The number of hydrogen-bond acceptors (Lipinski definition) is 0. The third kappa shape index (κ3) is 4.15. The van der Waals surface area contributed by atoms with Crippen molar-refractivity contribution >= 4 is 32.7 Å². The van der Waals surface area contributed by atoms with Gasteiger partial charge in [-0.3, -0.25) is 0 Å². The van der Waals surface area contributed by atoms with Crippen molar-refractivity contribution in [1.29, 1.82) is 0 Å². The lowest BCUT2D eigenvalue weighted by molar-refractivity contribution is 1.29. The van der Waals surface area contributed by atoms with Gasteiger partial charge in [0.1, 0.15) is 4.84 Å². The van der Waals surface area contributed by atoms with Crippen molar-refractivity contribution in [2.24, 2.45) is 0 Å². The van der Waals surface area contributed by atoms with E-state index in [1.165, 1.54) is 5.56 Å². The molecule has 1 rings (SSSR count). The van der Waals surface area contributed by atoms with Crippen molar-refractivity contribution in [1.82, 2.24) is 0 Å². The van der Waals surface area contributed by atoms with Gasteiger partial charge >= 0.3 is 0 Å². The van der Waals surface area contributed by atoms with Gasteiger partial charge in [0.25, 0.3) is 0 Å². The summed E-state index contributed by atoms with van der Waals surface area (Å²) in [5, 5.41) is 0. The number of rotatable bonds is 4. The lowest BCUT2D eigenvalue weighted by atomic mass is 10.2. The Morgan fingerprint density at radius 3 is 2.42 bits per heavy atom. The van der Waals surface area contributed by atoms with E-state index >= 15 is 0 Å². The highest BCUT2D eigenvalue weighted by Gasteiger charge is 1.99. The SMILES string of the molecule is ClC(Cl)C[Si]Cc1ccccc1. The Labute approximate surface area is 85.7 Å². The minimum atomic E-state index is -0.202. The van der Waals surface area contributed by atoms with Crippen LogP contribution in [0, 0.1) is 0 Å². The molecule has 3 heteroatoms. The first-order valence-electron chi connectivity index (χ1n) is 3.82. The molecule has 0 amide bonds. The van der Waals surface area contributed by atoms with Gasteiger partial charge in [-0.1, -0.05) is 35.9 Å². The first-order chi connectivity index (χ1) is 5.79. The van der Waals surface area contributed by atoms with Crippen LogP contribution in [0.4, 0.5) is 0 Å². The van der Waals surface area contributed by atoms with E-state index in [1.54, 1.807) is 0 Å². The molecule has 0 aliphatic rings. The molecule has 0 bridgehead atoms. The first-order valence-corrected chi connectivity index (χ1v) is 6.10. The molecule has 0 heterocycles. The zero-order chi connectivity index (χ0) is 8.81. The normalized spacial score (nSPS) is 10.6. The third-order valence-corrected chi connectivity index (χ3v) is 3.65. The maximum absolute atomic E-state index is 5.62. The topological polar surface area (TPSA) is 0 Å². The lowest BCUT2D eigenvalue weighted by Crippen LogP contribution is -2.00. The van der Waals surface area contributed by atoms with E-state index in [1.807, 2.05) is 6.07 Å². The van der Waals surface area contributed by atoms with Crippen LogP contribution in [-0.2, 0) is 6.04 Å². The van der Waals surface area contributed by atoms with Crippen molar-refractivity contribution in [3.8, 4) is 0 Å². The smallest absolute Gasteiger partial charge is 0.105 e. The third-order valence-electron chi connectivity index (χ3n) is 1.47. The molecule has 0 fully saturated rings. The number of benzene rings is 1. The molecular formula is C9H10Cl2Si. The van der Waals surface area contributed by atoms with Crippen molar-refractivity contribution < 1.29 is 0 Å². The van der Waals surface area contributed by atoms with Gasteiger partial charge in [-0.2, -0.15) is 0 Å². The highest BCUT2D eigenvalue weighted by Crippen LogP contribution is 2.08. The molecule has 0 aromatic heterocycles. The maximum Gasteiger partial charge on any atom is 0.105 e. The Morgan fingerprint density at radius 2 is 1.83 bits per heavy atom. The Balaban J connectivity index is 2.25. The Bertz CT molecular complexity index is 211. The van der Waals surface area contributed by atoms with Crippen LogP contribution in [0.3, 0.4) is 0 Å². The summed E-state index contributed by atoms with van der Waals surface area (Å²) < 4.78 is 0. The highest BCUT2D eigenvalue weighted by atomic mass is 35.5. The monoisotopic (exact) mass is 216 g/mol.